The van der Waals surface area contributed by atoms with Crippen molar-refractivity contribution in [2.45, 2.75) is 53.1 Å². The number of piperidine rings is 1. The van der Waals surface area contributed by atoms with E-state index >= 15 is 0 Å². The van der Waals surface area contributed by atoms with Crippen LogP contribution in [0.15, 0.2) is 48.5 Å². The molecule has 0 aliphatic carbocycles. The van der Waals surface area contributed by atoms with Gasteiger partial charge in [0.05, 0.1) is 19.0 Å². The molecule has 5 heteroatoms. The fourth-order valence-corrected chi connectivity index (χ4v) is 4.75. The number of aryl methyl sites for hydroxylation is 2. The van der Waals surface area contributed by atoms with Crippen molar-refractivity contribution in [3.63, 3.8) is 0 Å². The molecule has 0 bridgehead atoms. The van der Waals surface area contributed by atoms with Gasteiger partial charge in [-0.25, -0.2) is 0 Å². The Kier molecular flexibility index (Phi) is 7.50. The van der Waals surface area contributed by atoms with E-state index in [1.165, 1.54) is 5.56 Å². The number of rotatable bonds is 7. The number of para-hydroxylation sites is 1. The Bertz CT molecular complexity index is 890. The van der Waals surface area contributed by atoms with Crippen LogP contribution in [0.1, 0.15) is 43.4 Å². The van der Waals surface area contributed by atoms with Gasteiger partial charge in [0, 0.05) is 17.3 Å². The van der Waals surface area contributed by atoms with Crippen molar-refractivity contribution < 1.29 is 14.1 Å². The Morgan fingerprint density at radius 2 is 1.71 bits per heavy atom. The van der Waals surface area contributed by atoms with E-state index < -0.39 is 0 Å². The number of carbonyl (C=O) groups is 2. The van der Waals surface area contributed by atoms with Crippen molar-refractivity contribution in [2.24, 2.45) is 5.92 Å². The highest BCUT2D eigenvalue weighted by atomic mass is 16.2. The van der Waals surface area contributed by atoms with E-state index in [0.29, 0.717) is 17.6 Å². The zero-order valence-electron chi connectivity index (χ0n) is 19.3. The Balaban J connectivity index is 1.82. The van der Waals surface area contributed by atoms with Gasteiger partial charge in [-0.2, -0.15) is 0 Å². The van der Waals surface area contributed by atoms with E-state index in [1.54, 1.807) is 0 Å². The smallest absolute Gasteiger partial charge is 0.279 e. The first kappa shape index (κ1) is 23.0. The highest BCUT2D eigenvalue weighted by molar-refractivity contribution is 5.93. The Morgan fingerprint density at radius 1 is 1.03 bits per heavy atom. The molecule has 0 spiro atoms. The number of anilines is 1. The summed E-state index contributed by atoms with van der Waals surface area (Å²) in [6, 6.07) is 16.5. The Hall–Kier alpha value is -2.66. The standard InChI is InChI=1S/C26H35N3O2/c1-19(2)27-26(31)23-14-9-15-29(17-23,16-22-12-6-5-7-13-22)18-24(30)28-25-20(3)10-8-11-21(25)4/h5-8,10-13,19,23H,9,14-18H2,1-4H3,(H-,27,28,30,31)/p+1. The van der Waals surface area contributed by atoms with Crippen LogP contribution in [0.5, 0.6) is 0 Å². The number of hydrogen-bond donors (Lipinski definition) is 2. The van der Waals surface area contributed by atoms with Crippen LogP contribution < -0.4 is 10.6 Å². The number of carbonyl (C=O) groups excluding carboxylic acids is 2. The zero-order valence-corrected chi connectivity index (χ0v) is 19.3. The number of hydrogen-bond acceptors (Lipinski definition) is 2. The number of amides is 2. The number of nitrogens with zero attached hydrogens (tertiary/aromatic N) is 1. The first-order valence-corrected chi connectivity index (χ1v) is 11.3. The van der Waals surface area contributed by atoms with Gasteiger partial charge in [-0.15, -0.1) is 0 Å². The van der Waals surface area contributed by atoms with Crippen LogP contribution in [0.2, 0.25) is 0 Å². The molecule has 166 valence electrons. The molecule has 1 heterocycles. The lowest BCUT2D eigenvalue weighted by Crippen LogP contribution is -2.59. The van der Waals surface area contributed by atoms with Crippen LogP contribution in [-0.4, -0.2) is 42.0 Å². The van der Waals surface area contributed by atoms with Gasteiger partial charge in [-0.3, -0.25) is 9.59 Å². The van der Waals surface area contributed by atoms with Gasteiger partial charge in [0.1, 0.15) is 6.54 Å². The van der Waals surface area contributed by atoms with Crippen molar-refractivity contribution >= 4 is 17.5 Å². The molecule has 2 aromatic rings. The molecule has 2 aromatic carbocycles. The maximum absolute atomic E-state index is 13.2. The molecule has 2 unspecified atom stereocenters. The number of benzene rings is 2. The minimum atomic E-state index is -0.0622. The quantitative estimate of drug-likeness (QED) is 0.657. The summed E-state index contributed by atoms with van der Waals surface area (Å²) in [5, 5.41) is 6.23. The van der Waals surface area contributed by atoms with Crippen LogP contribution in [0.4, 0.5) is 5.69 Å². The second kappa shape index (κ2) is 10.1. The Labute approximate surface area is 186 Å². The first-order chi connectivity index (χ1) is 14.8. The van der Waals surface area contributed by atoms with E-state index in [-0.39, 0.29) is 23.8 Å². The molecular weight excluding hydrogens is 386 g/mol. The summed E-state index contributed by atoms with van der Waals surface area (Å²) in [4.78, 5) is 26.0. The number of likely N-dealkylation sites (tertiary alicyclic amines) is 1. The third-order valence-electron chi connectivity index (χ3n) is 6.18. The number of nitrogens with one attached hydrogen (secondary N) is 2. The highest BCUT2D eigenvalue weighted by Crippen LogP contribution is 2.28. The molecule has 2 atom stereocenters. The van der Waals surface area contributed by atoms with Crippen molar-refractivity contribution in [1.82, 2.24) is 5.32 Å². The predicted octanol–water partition coefficient (Wildman–Crippen LogP) is 4.19. The summed E-state index contributed by atoms with van der Waals surface area (Å²) in [5.41, 5.74) is 4.23. The summed E-state index contributed by atoms with van der Waals surface area (Å²) in [6.07, 6.45) is 1.82. The molecule has 2 N–H and O–H groups in total. The molecular formula is C26H36N3O2+. The van der Waals surface area contributed by atoms with E-state index in [1.807, 2.05) is 64.1 Å². The van der Waals surface area contributed by atoms with Crippen molar-refractivity contribution in [3.8, 4) is 0 Å². The van der Waals surface area contributed by atoms with Gasteiger partial charge in [0.25, 0.3) is 5.91 Å². The molecule has 5 nitrogen and oxygen atoms in total. The molecule has 0 saturated carbocycles. The third-order valence-corrected chi connectivity index (χ3v) is 6.18. The Morgan fingerprint density at radius 3 is 2.35 bits per heavy atom. The van der Waals surface area contributed by atoms with E-state index in [4.69, 9.17) is 0 Å². The van der Waals surface area contributed by atoms with E-state index in [0.717, 1.165) is 42.7 Å². The van der Waals surface area contributed by atoms with Crippen LogP contribution in [-0.2, 0) is 16.1 Å². The van der Waals surface area contributed by atoms with Crippen molar-refractivity contribution in [2.75, 3.05) is 25.0 Å². The second-order valence-electron chi connectivity index (χ2n) is 9.37. The lowest BCUT2D eigenvalue weighted by Gasteiger charge is -2.43. The fourth-order valence-electron chi connectivity index (χ4n) is 4.75. The number of quaternary nitrogens is 1. The lowest BCUT2D eigenvalue weighted by molar-refractivity contribution is -0.940. The predicted molar refractivity (Wildman–Crippen MR) is 126 cm³/mol. The van der Waals surface area contributed by atoms with E-state index in [2.05, 4.69) is 22.8 Å². The minimum Gasteiger partial charge on any atom is -0.353 e. The third kappa shape index (κ3) is 6.17. The maximum Gasteiger partial charge on any atom is 0.279 e. The van der Waals surface area contributed by atoms with Crippen LogP contribution >= 0.6 is 0 Å². The molecule has 2 amide bonds. The largest absolute Gasteiger partial charge is 0.353 e. The monoisotopic (exact) mass is 422 g/mol. The average molecular weight is 423 g/mol. The lowest BCUT2D eigenvalue weighted by atomic mass is 9.93. The van der Waals surface area contributed by atoms with Gasteiger partial charge >= 0.3 is 0 Å². The second-order valence-corrected chi connectivity index (χ2v) is 9.37. The van der Waals surface area contributed by atoms with Gasteiger partial charge in [0.15, 0.2) is 6.54 Å². The van der Waals surface area contributed by atoms with Gasteiger partial charge < -0.3 is 15.1 Å². The normalized spacial score (nSPS) is 21.0. The maximum atomic E-state index is 13.2. The molecule has 1 fully saturated rings. The van der Waals surface area contributed by atoms with Crippen LogP contribution in [0.25, 0.3) is 0 Å². The summed E-state index contributed by atoms with van der Waals surface area (Å²) in [5.74, 6) is 0.0616. The summed E-state index contributed by atoms with van der Waals surface area (Å²) in [7, 11) is 0. The summed E-state index contributed by atoms with van der Waals surface area (Å²) in [6.45, 7) is 10.7. The molecule has 1 aliphatic heterocycles. The average Bonchev–Trinajstić information content (AvgIpc) is 2.71. The SMILES string of the molecule is Cc1cccc(C)c1NC(=O)C[N+]1(Cc2ccccc2)CCCC(C(=O)NC(C)C)C1. The summed E-state index contributed by atoms with van der Waals surface area (Å²) < 4.78 is 0.608. The van der Waals surface area contributed by atoms with Gasteiger partial charge in [-0.05, 0) is 51.7 Å². The molecule has 0 aromatic heterocycles. The van der Waals surface area contributed by atoms with Gasteiger partial charge in [0.2, 0.25) is 5.91 Å². The van der Waals surface area contributed by atoms with Crippen molar-refractivity contribution in [1.29, 1.82) is 0 Å². The molecule has 0 radical (unpaired) electrons. The first-order valence-electron chi connectivity index (χ1n) is 11.3. The molecule has 1 saturated heterocycles. The molecule has 31 heavy (non-hydrogen) atoms. The van der Waals surface area contributed by atoms with Gasteiger partial charge in [-0.1, -0.05) is 48.5 Å². The minimum absolute atomic E-state index is 0.0123. The molecule has 1 aliphatic rings. The van der Waals surface area contributed by atoms with Crippen LogP contribution in [0.3, 0.4) is 0 Å². The highest BCUT2D eigenvalue weighted by Gasteiger charge is 2.40. The van der Waals surface area contributed by atoms with Crippen LogP contribution in [0, 0.1) is 19.8 Å². The zero-order chi connectivity index (χ0) is 22.4. The summed E-state index contributed by atoms with van der Waals surface area (Å²) >= 11 is 0. The fraction of sp³-hybridized carbons (Fsp3) is 0.462. The van der Waals surface area contributed by atoms with E-state index in [9.17, 15) is 9.59 Å². The molecule has 3 rings (SSSR count). The topological polar surface area (TPSA) is 58.2 Å². The van der Waals surface area contributed by atoms with Crippen molar-refractivity contribution in [3.05, 3.63) is 65.2 Å².